The number of nitrogens with zero attached hydrogens (tertiary/aromatic N) is 1. The van der Waals surface area contributed by atoms with E-state index in [0.717, 1.165) is 68.5 Å². The van der Waals surface area contributed by atoms with E-state index >= 15 is 0 Å². The monoisotopic (exact) mass is 461 g/mol. The van der Waals surface area contributed by atoms with E-state index in [9.17, 15) is 0 Å². The van der Waals surface area contributed by atoms with Crippen molar-refractivity contribution in [2.45, 2.75) is 87.4 Å². The minimum absolute atomic E-state index is 0.0626. The molecule has 3 N–H and O–H groups in total. The van der Waals surface area contributed by atoms with Crippen molar-refractivity contribution >= 4 is 17.2 Å². The third kappa shape index (κ3) is 3.88. The molecule has 174 valence electrons. The van der Waals surface area contributed by atoms with Crippen molar-refractivity contribution in [3.05, 3.63) is 66.2 Å². The van der Waals surface area contributed by atoms with E-state index in [1.807, 2.05) is 6.07 Å². The molecule has 2 unspecified atom stereocenters. The average Bonchev–Trinajstić information content (AvgIpc) is 2.84. The lowest BCUT2D eigenvalue weighted by molar-refractivity contribution is -0.224. The summed E-state index contributed by atoms with van der Waals surface area (Å²) >= 11 is 6.22. The summed E-state index contributed by atoms with van der Waals surface area (Å²) < 4.78 is 0. The number of rotatable bonds is 5. The van der Waals surface area contributed by atoms with E-state index in [2.05, 4.69) is 65.0 Å². The van der Waals surface area contributed by atoms with Gasteiger partial charge in [-0.2, -0.15) is 0 Å². The Hall–Kier alpha value is -1.95. The van der Waals surface area contributed by atoms with E-state index in [1.165, 1.54) is 5.56 Å². The van der Waals surface area contributed by atoms with Crippen LogP contribution in [-0.2, 0) is 5.41 Å². The number of hydrogen-bond acceptors (Lipinski definition) is 4. The molecule has 4 bridgehead atoms. The van der Waals surface area contributed by atoms with Crippen molar-refractivity contribution in [2.24, 2.45) is 11.1 Å². The van der Waals surface area contributed by atoms with Crippen LogP contribution < -0.4 is 15.9 Å². The highest BCUT2D eigenvalue weighted by Crippen LogP contribution is 2.62. The molecule has 2 saturated heterocycles. The highest BCUT2D eigenvalue weighted by atomic mass is 32.1. The van der Waals surface area contributed by atoms with Crippen LogP contribution in [0.3, 0.4) is 0 Å². The number of hydrogen-bond donors (Lipinski definition) is 2. The molecule has 7 rings (SSSR count). The molecule has 4 nitrogen and oxygen atoms in total. The number of piperidine rings is 2. The Kier molecular flexibility index (Phi) is 5.47. The number of thiocarbonyl (C=S) groups is 1. The third-order valence-corrected chi connectivity index (χ3v) is 9.38. The van der Waals surface area contributed by atoms with Gasteiger partial charge >= 0.3 is 0 Å². The molecule has 33 heavy (non-hydrogen) atoms. The fourth-order valence-electron chi connectivity index (χ4n) is 7.46. The maximum atomic E-state index is 6.51. The summed E-state index contributed by atoms with van der Waals surface area (Å²) in [5.41, 5.74) is 7.88. The Bertz CT molecular complexity index is 973. The van der Waals surface area contributed by atoms with Gasteiger partial charge in [0.1, 0.15) is 5.75 Å². The Morgan fingerprint density at radius 3 is 2.12 bits per heavy atom. The molecule has 3 saturated carbocycles. The van der Waals surface area contributed by atoms with Crippen molar-refractivity contribution in [1.82, 2.24) is 10.4 Å². The molecule has 2 aromatic carbocycles. The van der Waals surface area contributed by atoms with E-state index in [0.29, 0.717) is 24.2 Å². The van der Waals surface area contributed by atoms with Crippen LogP contribution in [0.5, 0.6) is 5.75 Å². The lowest BCUT2D eigenvalue weighted by Gasteiger charge is -2.65. The number of hydroxylamine groups is 2. The highest BCUT2D eigenvalue weighted by Gasteiger charge is 2.63. The van der Waals surface area contributed by atoms with Gasteiger partial charge in [0.15, 0.2) is 0 Å². The van der Waals surface area contributed by atoms with Gasteiger partial charge in [-0.15, -0.1) is 5.06 Å². The molecule has 5 aliphatic rings. The molecule has 0 amide bonds. The van der Waals surface area contributed by atoms with Gasteiger partial charge < -0.3 is 15.9 Å². The van der Waals surface area contributed by atoms with E-state index in [1.54, 1.807) is 0 Å². The molecule has 5 fully saturated rings. The van der Waals surface area contributed by atoms with E-state index in [4.69, 9.17) is 22.8 Å². The number of benzene rings is 2. The minimum Gasteiger partial charge on any atom is -0.405 e. The van der Waals surface area contributed by atoms with Crippen LogP contribution in [0.1, 0.15) is 63.4 Å². The van der Waals surface area contributed by atoms with Crippen LogP contribution >= 0.6 is 12.2 Å². The molecular formula is C28H35N3OS. The molecule has 2 heterocycles. The molecule has 0 spiro atoms. The number of para-hydroxylation sites is 1. The zero-order valence-corrected chi connectivity index (χ0v) is 20.1. The molecule has 2 atom stereocenters. The molecule has 0 radical (unpaired) electrons. The minimum atomic E-state index is 0.0626. The molecular weight excluding hydrogens is 426 g/mol. The Morgan fingerprint density at radius 2 is 1.48 bits per heavy atom. The molecule has 3 aliphatic carbocycles. The maximum absolute atomic E-state index is 6.51. The molecule has 0 aromatic heterocycles. The zero-order chi connectivity index (χ0) is 22.5. The summed E-state index contributed by atoms with van der Waals surface area (Å²) in [5, 5.41) is 6.18. The zero-order valence-electron chi connectivity index (χ0n) is 19.3. The van der Waals surface area contributed by atoms with Crippen molar-refractivity contribution in [3.8, 4) is 5.75 Å². The largest absolute Gasteiger partial charge is 0.405 e. The summed E-state index contributed by atoms with van der Waals surface area (Å²) in [5.74, 6) is 0.937. The van der Waals surface area contributed by atoms with Crippen LogP contribution in [0.2, 0.25) is 0 Å². The first-order chi connectivity index (χ1) is 16.1. The van der Waals surface area contributed by atoms with Crippen molar-refractivity contribution in [3.63, 3.8) is 0 Å². The van der Waals surface area contributed by atoms with Crippen LogP contribution in [0.25, 0.3) is 0 Å². The van der Waals surface area contributed by atoms with Crippen molar-refractivity contribution in [2.75, 3.05) is 0 Å². The lowest BCUT2D eigenvalue weighted by Crippen LogP contribution is -2.70. The quantitative estimate of drug-likeness (QED) is 0.605. The SMILES string of the molecule is N[C@H]1CC[C@H](NC(=S)C23CC4CC(c5ccccc5)(CC(C2)N4Oc2ccccc2)C3)CC1. The van der Waals surface area contributed by atoms with Gasteiger partial charge in [0.05, 0.1) is 4.99 Å². The van der Waals surface area contributed by atoms with Gasteiger partial charge in [0.25, 0.3) is 0 Å². The van der Waals surface area contributed by atoms with Crippen LogP contribution in [0, 0.1) is 5.41 Å². The normalized spacial score (nSPS) is 37.6. The fourth-order valence-corrected chi connectivity index (χ4v) is 7.86. The molecule has 2 aliphatic heterocycles. The average molecular weight is 462 g/mol. The van der Waals surface area contributed by atoms with Gasteiger partial charge in [0.2, 0.25) is 0 Å². The summed E-state index contributed by atoms with van der Waals surface area (Å²) in [6.07, 6.45) is 10.1. The standard InChI is InChI=1S/C28H35N3OS/c29-21-11-13-22(14-12-21)30-26(33)28-17-23-15-27(19-28,20-7-3-1-4-8-20)16-24(18-28)31(23)32-25-9-5-2-6-10-25/h1-10,21-24H,11-19,29H2,(H,30,33)/t21-,22-,23?,24?,27?,28?. The fraction of sp³-hybridized carbons (Fsp3) is 0.536. The Morgan fingerprint density at radius 1 is 0.879 bits per heavy atom. The first-order valence-electron chi connectivity index (χ1n) is 12.7. The highest BCUT2D eigenvalue weighted by molar-refractivity contribution is 7.80. The number of nitrogens with one attached hydrogen (secondary N) is 1. The first-order valence-corrected chi connectivity index (χ1v) is 13.1. The van der Waals surface area contributed by atoms with Gasteiger partial charge in [-0.1, -0.05) is 60.7 Å². The second-order valence-corrected chi connectivity index (χ2v) is 11.5. The second kappa shape index (κ2) is 8.37. The first kappa shape index (κ1) is 21.6. The lowest BCUT2D eigenvalue weighted by atomic mass is 9.47. The number of nitrogens with two attached hydrogens (primary N) is 1. The molecule has 2 aromatic rings. The molecule has 5 heteroatoms. The van der Waals surface area contributed by atoms with Crippen molar-refractivity contribution < 1.29 is 4.84 Å². The van der Waals surface area contributed by atoms with Gasteiger partial charge in [-0.25, -0.2) is 0 Å². The van der Waals surface area contributed by atoms with E-state index < -0.39 is 0 Å². The predicted octanol–water partition coefficient (Wildman–Crippen LogP) is 5.12. The third-order valence-electron chi connectivity index (χ3n) is 8.83. The van der Waals surface area contributed by atoms with Gasteiger partial charge in [-0.3, -0.25) is 0 Å². The van der Waals surface area contributed by atoms with Crippen LogP contribution in [0.15, 0.2) is 60.7 Å². The second-order valence-electron chi connectivity index (χ2n) is 11.1. The predicted molar refractivity (Wildman–Crippen MR) is 136 cm³/mol. The van der Waals surface area contributed by atoms with Crippen LogP contribution in [-0.4, -0.2) is 34.2 Å². The topological polar surface area (TPSA) is 50.5 Å². The van der Waals surface area contributed by atoms with Crippen LogP contribution in [0.4, 0.5) is 0 Å². The van der Waals surface area contributed by atoms with Gasteiger partial charge in [0, 0.05) is 29.6 Å². The van der Waals surface area contributed by atoms with Gasteiger partial charge in [-0.05, 0) is 80.9 Å². The Balaban J connectivity index is 1.29. The summed E-state index contributed by atoms with van der Waals surface area (Å²) in [4.78, 5) is 7.62. The summed E-state index contributed by atoms with van der Waals surface area (Å²) in [7, 11) is 0. The Labute approximate surface area is 202 Å². The van der Waals surface area contributed by atoms with Crippen molar-refractivity contribution in [1.29, 1.82) is 0 Å². The summed E-state index contributed by atoms with van der Waals surface area (Å²) in [6.45, 7) is 0. The summed E-state index contributed by atoms with van der Waals surface area (Å²) in [6, 6.07) is 23.1. The van der Waals surface area contributed by atoms with E-state index in [-0.39, 0.29) is 10.8 Å². The smallest absolute Gasteiger partial charge is 0.147 e. The maximum Gasteiger partial charge on any atom is 0.147 e.